The van der Waals surface area contributed by atoms with Gasteiger partial charge in [0.2, 0.25) is 5.95 Å². The molecule has 3 aromatic rings. The molecule has 0 spiro atoms. The van der Waals surface area contributed by atoms with Gasteiger partial charge in [0.15, 0.2) is 11.2 Å². The Morgan fingerprint density at radius 1 is 1.23 bits per heavy atom. The molecule has 0 amide bonds. The van der Waals surface area contributed by atoms with Crippen LogP contribution in [-0.2, 0) is 13.6 Å². The Morgan fingerprint density at radius 3 is 2.73 bits per heavy atom. The maximum Gasteiger partial charge on any atom is 0.329 e. The van der Waals surface area contributed by atoms with E-state index in [0.29, 0.717) is 28.7 Å². The third-order valence-corrected chi connectivity index (χ3v) is 4.85. The Kier molecular flexibility index (Phi) is 4.29. The second-order valence-corrected chi connectivity index (χ2v) is 6.79. The maximum atomic E-state index is 12.5. The number of hydrogen-bond acceptors (Lipinski definition) is 5. The first-order valence-electron chi connectivity index (χ1n) is 8.44. The summed E-state index contributed by atoms with van der Waals surface area (Å²) in [4.78, 5) is 33.7. The van der Waals surface area contributed by atoms with Gasteiger partial charge < -0.3 is 10.2 Å². The Hall–Kier alpha value is -2.58. The van der Waals surface area contributed by atoms with E-state index in [4.69, 9.17) is 11.6 Å². The first-order chi connectivity index (χ1) is 12.5. The zero-order valence-corrected chi connectivity index (χ0v) is 15.1. The van der Waals surface area contributed by atoms with Gasteiger partial charge in [0.1, 0.15) is 0 Å². The molecule has 0 saturated carbocycles. The van der Waals surface area contributed by atoms with Crippen LogP contribution in [0.1, 0.15) is 5.56 Å². The lowest BCUT2D eigenvalue weighted by atomic mass is 10.2. The number of nitrogens with one attached hydrogen (secondary N) is 2. The van der Waals surface area contributed by atoms with Crippen LogP contribution in [0.5, 0.6) is 0 Å². The zero-order chi connectivity index (χ0) is 18.3. The number of aromatic nitrogens is 4. The molecule has 4 rings (SSSR count). The number of aryl methyl sites for hydroxylation is 1. The highest BCUT2D eigenvalue weighted by Crippen LogP contribution is 2.22. The van der Waals surface area contributed by atoms with Crippen molar-refractivity contribution >= 4 is 28.7 Å². The van der Waals surface area contributed by atoms with E-state index in [9.17, 15) is 9.59 Å². The van der Waals surface area contributed by atoms with Gasteiger partial charge in [0, 0.05) is 38.2 Å². The van der Waals surface area contributed by atoms with Crippen molar-refractivity contribution in [3.8, 4) is 0 Å². The second-order valence-electron chi connectivity index (χ2n) is 6.36. The first kappa shape index (κ1) is 16.9. The summed E-state index contributed by atoms with van der Waals surface area (Å²) < 4.78 is 3.24. The van der Waals surface area contributed by atoms with E-state index in [-0.39, 0.29) is 0 Å². The van der Waals surface area contributed by atoms with Crippen molar-refractivity contribution in [2.45, 2.75) is 6.54 Å². The Bertz CT molecular complexity index is 1080. The van der Waals surface area contributed by atoms with Gasteiger partial charge in [-0.3, -0.25) is 18.9 Å². The summed E-state index contributed by atoms with van der Waals surface area (Å²) in [6.07, 6.45) is 0. The van der Waals surface area contributed by atoms with E-state index < -0.39 is 11.2 Å². The van der Waals surface area contributed by atoms with Crippen molar-refractivity contribution in [2.75, 3.05) is 31.1 Å². The smallest absolute Gasteiger partial charge is 0.329 e. The second kappa shape index (κ2) is 6.62. The molecule has 1 aromatic carbocycles. The van der Waals surface area contributed by atoms with Crippen molar-refractivity contribution in [1.82, 2.24) is 24.4 Å². The molecule has 26 heavy (non-hydrogen) atoms. The quantitative estimate of drug-likeness (QED) is 0.698. The molecule has 9 heteroatoms. The summed E-state index contributed by atoms with van der Waals surface area (Å²) in [5, 5.41) is 3.94. The number of hydrogen-bond donors (Lipinski definition) is 2. The fourth-order valence-corrected chi connectivity index (χ4v) is 3.51. The number of nitrogens with zero attached hydrogens (tertiary/aromatic N) is 4. The summed E-state index contributed by atoms with van der Waals surface area (Å²) in [5.41, 5.74) is 0.831. The molecule has 0 radical (unpaired) electrons. The number of anilines is 1. The van der Waals surface area contributed by atoms with Gasteiger partial charge in [-0.2, -0.15) is 4.98 Å². The van der Waals surface area contributed by atoms with Gasteiger partial charge in [0.05, 0.1) is 6.54 Å². The molecular weight excluding hydrogens is 356 g/mol. The van der Waals surface area contributed by atoms with Crippen LogP contribution in [0.2, 0.25) is 5.02 Å². The van der Waals surface area contributed by atoms with E-state index in [1.807, 2.05) is 28.8 Å². The fourth-order valence-electron chi connectivity index (χ4n) is 3.30. The van der Waals surface area contributed by atoms with Crippen LogP contribution in [0.25, 0.3) is 11.2 Å². The summed E-state index contributed by atoms with van der Waals surface area (Å²) >= 11 is 6.11. The SMILES string of the molecule is Cn1c(=O)[nH]c(=O)c2c1nc(N1CCNCC1)n2Cc1cccc(Cl)c1. The van der Waals surface area contributed by atoms with Gasteiger partial charge in [-0.05, 0) is 17.7 Å². The van der Waals surface area contributed by atoms with E-state index in [1.54, 1.807) is 7.05 Å². The Balaban J connectivity index is 1.93. The highest BCUT2D eigenvalue weighted by molar-refractivity contribution is 6.30. The topological polar surface area (TPSA) is 87.9 Å². The lowest BCUT2D eigenvalue weighted by Gasteiger charge is -2.28. The first-order valence-corrected chi connectivity index (χ1v) is 8.82. The van der Waals surface area contributed by atoms with Crippen molar-refractivity contribution < 1.29 is 0 Å². The predicted molar refractivity (Wildman–Crippen MR) is 101 cm³/mol. The number of halogens is 1. The van der Waals surface area contributed by atoms with Gasteiger partial charge in [-0.1, -0.05) is 23.7 Å². The average Bonchev–Trinajstić information content (AvgIpc) is 3.00. The molecule has 1 fully saturated rings. The molecular formula is C17H19ClN6O2. The molecule has 1 aliphatic rings. The van der Waals surface area contributed by atoms with Crippen LogP contribution in [0.3, 0.4) is 0 Å². The normalized spacial score (nSPS) is 14.9. The number of aromatic amines is 1. The third-order valence-electron chi connectivity index (χ3n) is 4.62. The number of benzene rings is 1. The Labute approximate surface area is 154 Å². The minimum atomic E-state index is -0.471. The molecule has 0 unspecified atom stereocenters. The van der Waals surface area contributed by atoms with Crippen LogP contribution >= 0.6 is 11.6 Å². The van der Waals surface area contributed by atoms with Crippen LogP contribution in [0.15, 0.2) is 33.9 Å². The largest absolute Gasteiger partial charge is 0.340 e. The molecule has 3 heterocycles. The molecule has 0 bridgehead atoms. The van der Waals surface area contributed by atoms with Crippen molar-refractivity contribution in [3.63, 3.8) is 0 Å². The molecule has 1 aliphatic heterocycles. The van der Waals surface area contributed by atoms with E-state index >= 15 is 0 Å². The van der Waals surface area contributed by atoms with E-state index in [2.05, 4.69) is 20.2 Å². The third kappa shape index (κ3) is 2.91. The summed E-state index contributed by atoms with van der Waals surface area (Å²) in [7, 11) is 1.61. The number of rotatable bonds is 3. The lowest BCUT2D eigenvalue weighted by Crippen LogP contribution is -2.44. The minimum Gasteiger partial charge on any atom is -0.340 e. The summed E-state index contributed by atoms with van der Waals surface area (Å²) in [5.74, 6) is 0.688. The van der Waals surface area contributed by atoms with Crippen molar-refractivity contribution in [3.05, 3.63) is 55.7 Å². The predicted octanol–water partition coefficient (Wildman–Crippen LogP) is 0.535. The molecule has 136 valence electrons. The molecule has 8 nitrogen and oxygen atoms in total. The van der Waals surface area contributed by atoms with Gasteiger partial charge in [0.25, 0.3) is 5.56 Å². The van der Waals surface area contributed by atoms with Crippen LogP contribution in [0.4, 0.5) is 5.95 Å². The lowest BCUT2D eigenvalue weighted by molar-refractivity contribution is 0.571. The average molecular weight is 375 g/mol. The molecule has 0 aliphatic carbocycles. The number of fused-ring (bicyclic) bond motifs is 1. The fraction of sp³-hybridized carbons (Fsp3) is 0.353. The van der Waals surface area contributed by atoms with E-state index in [1.165, 1.54) is 4.57 Å². The maximum absolute atomic E-state index is 12.5. The molecule has 1 saturated heterocycles. The van der Waals surface area contributed by atoms with Crippen molar-refractivity contribution in [1.29, 1.82) is 0 Å². The molecule has 2 aromatic heterocycles. The zero-order valence-electron chi connectivity index (χ0n) is 14.3. The number of piperazine rings is 1. The minimum absolute atomic E-state index is 0.384. The monoisotopic (exact) mass is 374 g/mol. The van der Waals surface area contributed by atoms with E-state index in [0.717, 1.165) is 31.7 Å². The summed E-state index contributed by atoms with van der Waals surface area (Å²) in [6, 6.07) is 7.51. The van der Waals surface area contributed by atoms with Gasteiger partial charge in [-0.15, -0.1) is 0 Å². The standard InChI is InChI=1S/C17H19ClN6O2/c1-22-14-13(15(25)21-17(22)26)24(10-11-3-2-4-12(18)9-11)16(20-14)23-7-5-19-6-8-23/h2-4,9,19H,5-8,10H2,1H3,(H,21,25,26). The van der Waals surface area contributed by atoms with Crippen LogP contribution in [0, 0.1) is 0 Å². The highest BCUT2D eigenvalue weighted by Gasteiger charge is 2.22. The van der Waals surface area contributed by atoms with Gasteiger partial charge in [-0.25, -0.2) is 4.79 Å². The molecule has 2 N–H and O–H groups in total. The Morgan fingerprint density at radius 2 is 2.00 bits per heavy atom. The number of H-pyrrole nitrogens is 1. The summed E-state index contributed by atoms with van der Waals surface area (Å²) in [6.45, 7) is 3.69. The number of imidazole rings is 1. The van der Waals surface area contributed by atoms with Gasteiger partial charge >= 0.3 is 5.69 Å². The highest BCUT2D eigenvalue weighted by atomic mass is 35.5. The van der Waals surface area contributed by atoms with Crippen LogP contribution in [-0.4, -0.2) is 45.3 Å². The van der Waals surface area contributed by atoms with Crippen molar-refractivity contribution in [2.24, 2.45) is 7.05 Å². The van der Waals surface area contributed by atoms with Crippen LogP contribution < -0.4 is 21.5 Å². The molecule has 0 atom stereocenters.